The minimum Gasteiger partial charge on any atom is -0.383 e. The first-order valence-corrected chi connectivity index (χ1v) is 10.4. The molecular formula is C22H21BrN6O. The number of halogens is 1. The number of nitrogen functional groups attached to an aromatic ring is 1. The van der Waals surface area contributed by atoms with E-state index in [-0.39, 0.29) is 17.3 Å². The normalized spacial score (nSPS) is 11.7. The van der Waals surface area contributed by atoms with Gasteiger partial charge in [-0.1, -0.05) is 54.0 Å². The zero-order valence-electron chi connectivity index (χ0n) is 16.6. The predicted molar refractivity (Wildman–Crippen MR) is 124 cm³/mol. The van der Waals surface area contributed by atoms with Crippen molar-refractivity contribution in [2.45, 2.75) is 13.8 Å². The van der Waals surface area contributed by atoms with Crippen LogP contribution in [-0.4, -0.2) is 33.3 Å². The minimum absolute atomic E-state index is 0.202. The summed E-state index contributed by atoms with van der Waals surface area (Å²) in [4.78, 5) is 22.3. The monoisotopic (exact) mass is 464 g/mol. The van der Waals surface area contributed by atoms with Crippen LogP contribution in [0.3, 0.4) is 0 Å². The average Bonchev–Trinajstić information content (AvgIpc) is 2.99. The van der Waals surface area contributed by atoms with E-state index in [1.54, 1.807) is 6.21 Å². The lowest BCUT2D eigenvalue weighted by molar-refractivity contribution is 0.0951. The first-order chi connectivity index (χ1) is 14.4. The fourth-order valence-electron chi connectivity index (χ4n) is 3.08. The quantitative estimate of drug-likeness (QED) is 0.432. The van der Waals surface area contributed by atoms with Gasteiger partial charge in [0.2, 0.25) is 0 Å². The molecule has 0 aliphatic rings. The van der Waals surface area contributed by atoms with Gasteiger partial charge in [-0.3, -0.25) is 4.79 Å². The maximum Gasteiger partial charge on any atom is 0.257 e. The van der Waals surface area contributed by atoms with Gasteiger partial charge in [-0.25, -0.2) is 9.97 Å². The Bertz CT molecular complexity index is 1280. The van der Waals surface area contributed by atoms with E-state index in [0.717, 1.165) is 10.0 Å². The second-order valence-electron chi connectivity index (χ2n) is 7.36. The number of hydrogen-bond acceptors (Lipinski definition) is 5. The fourth-order valence-corrected chi connectivity index (χ4v) is 3.50. The molecule has 2 aromatic carbocycles. The molecule has 0 saturated heterocycles. The number of carbonyl (C=O) groups is 1. The Balaban J connectivity index is 1.89. The topological polar surface area (TPSA) is 98.2 Å². The summed E-state index contributed by atoms with van der Waals surface area (Å²) in [7, 11) is 0. The van der Waals surface area contributed by atoms with Gasteiger partial charge in [-0.05, 0) is 35.7 Å². The second kappa shape index (κ2) is 8.23. The number of rotatable bonds is 5. The van der Waals surface area contributed by atoms with Crippen LogP contribution in [0.25, 0.3) is 22.2 Å². The Morgan fingerprint density at radius 2 is 1.93 bits per heavy atom. The lowest BCUT2D eigenvalue weighted by Crippen LogP contribution is -2.28. The third-order valence-electron chi connectivity index (χ3n) is 4.54. The molecule has 0 bridgehead atoms. The number of benzene rings is 2. The van der Waals surface area contributed by atoms with Gasteiger partial charge in [0.05, 0.1) is 17.2 Å². The van der Waals surface area contributed by atoms with Gasteiger partial charge in [0.25, 0.3) is 5.91 Å². The molecule has 0 unspecified atom stereocenters. The van der Waals surface area contributed by atoms with Crippen LogP contribution in [-0.2, 0) is 0 Å². The largest absolute Gasteiger partial charge is 0.383 e. The van der Waals surface area contributed by atoms with Crippen LogP contribution in [0.15, 0.2) is 58.1 Å². The number of hydrogen-bond donors (Lipinski definition) is 2. The van der Waals surface area contributed by atoms with E-state index >= 15 is 0 Å². The van der Waals surface area contributed by atoms with E-state index in [1.807, 2.05) is 62.4 Å². The molecule has 3 N–H and O–H groups in total. The Morgan fingerprint density at radius 3 is 2.63 bits per heavy atom. The van der Waals surface area contributed by atoms with E-state index in [9.17, 15) is 4.79 Å². The molecule has 4 rings (SSSR count). The number of nitrogens with zero attached hydrogens (tertiary/aromatic N) is 4. The maximum absolute atomic E-state index is 12.9. The fraction of sp³-hybridized carbons (Fsp3) is 0.182. The molecule has 0 fully saturated rings. The lowest BCUT2D eigenvalue weighted by Gasteiger charge is -2.07. The van der Waals surface area contributed by atoms with E-state index in [1.165, 1.54) is 4.68 Å². The number of nitrogens with one attached hydrogen (secondary N) is 1. The molecule has 0 aliphatic carbocycles. The van der Waals surface area contributed by atoms with Crippen molar-refractivity contribution >= 4 is 56.1 Å². The molecule has 0 saturated carbocycles. The van der Waals surface area contributed by atoms with Crippen molar-refractivity contribution in [1.29, 1.82) is 0 Å². The van der Waals surface area contributed by atoms with Crippen molar-refractivity contribution in [1.82, 2.24) is 20.0 Å². The highest BCUT2D eigenvalue weighted by atomic mass is 79.9. The summed E-state index contributed by atoms with van der Waals surface area (Å²) < 4.78 is 2.41. The summed E-state index contributed by atoms with van der Waals surface area (Å²) >= 11 is 3.45. The van der Waals surface area contributed by atoms with Crippen molar-refractivity contribution in [3.8, 4) is 0 Å². The molecule has 0 spiro atoms. The Labute approximate surface area is 182 Å². The standard InChI is InChI=1S/C22H21BrN6O/c1-13(2)11-25-22(30)18-19-21(28-17-9-4-3-8-16(17)27-19)29(20(18)24)26-12-14-6-5-7-15(23)10-14/h3-10,12-13H,11,24H2,1-2H3,(H,25,30)/b26-12+. The van der Waals surface area contributed by atoms with Crippen LogP contribution >= 0.6 is 15.9 Å². The SMILES string of the molecule is CC(C)CNC(=O)c1c(N)n(/N=C/c2cccc(Br)c2)c2nc3ccccc3nc12. The second-order valence-corrected chi connectivity index (χ2v) is 8.28. The zero-order valence-corrected chi connectivity index (χ0v) is 18.2. The van der Waals surface area contributed by atoms with Crippen LogP contribution in [0.4, 0.5) is 5.82 Å². The summed E-state index contributed by atoms with van der Waals surface area (Å²) in [6, 6.07) is 15.2. The molecule has 152 valence electrons. The Hall–Kier alpha value is -3.26. The van der Waals surface area contributed by atoms with Gasteiger partial charge in [0.15, 0.2) is 5.65 Å². The van der Waals surface area contributed by atoms with Crippen LogP contribution in [0, 0.1) is 5.92 Å². The average molecular weight is 465 g/mol. The van der Waals surface area contributed by atoms with Gasteiger partial charge < -0.3 is 11.1 Å². The van der Waals surface area contributed by atoms with Crippen molar-refractivity contribution < 1.29 is 4.79 Å². The van der Waals surface area contributed by atoms with Gasteiger partial charge in [-0.15, -0.1) is 0 Å². The van der Waals surface area contributed by atoms with Crippen molar-refractivity contribution in [3.63, 3.8) is 0 Å². The van der Waals surface area contributed by atoms with Crippen LogP contribution < -0.4 is 11.1 Å². The van der Waals surface area contributed by atoms with Crippen molar-refractivity contribution in [2.24, 2.45) is 11.0 Å². The predicted octanol–water partition coefficient (Wildman–Crippen LogP) is 4.20. The van der Waals surface area contributed by atoms with Crippen molar-refractivity contribution in [2.75, 3.05) is 12.3 Å². The first-order valence-electron chi connectivity index (χ1n) is 9.59. The third-order valence-corrected chi connectivity index (χ3v) is 5.04. The van der Waals surface area contributed by atoms with E-state index < -0.39 is 0 Å². The van der Waals surface area contributed by atoms with E-state index in [0.29, 0.717) is 34.7 Å². The first kappa shape index (κ1) is 20.0. The van der Waals surface area contributed by atoms with Crippen LogP contribution in [0.2, 0.25) is 0 Å². The Morgan fingerprint density at radius 1 is 1.20 bits per heavy atom. The molecular weight excluding hydrogens is 444 g/mol. The number of aromatic nitrogens is 3. The van der Waals surface area contributed by atoms with Gasteiger partial charge in [0.1, 0.15) is 16.9 Å². The molecule has 0 atom stereocenters. The van der Waals surface area contributed by atoms with Crippen LogP contribution in [0.5, 0.6) is 0 Å². The van der Waals surface area contributed by atoms with Crippen molar-refractivity contribution in [3.05, 3.63) is 64.1 Å². The zero-order chi connectivity index (χ0) is 21.3. The van der Waals surface area contributed by atoms with Gasteiger partial charge in [0, 0.05) is 11.0 Å². The lowest BCUT2D eigenvalue weighted by atomic mass is 10.2. The highest BCUT2D eigenvalue weighted by Crippen LogP contribution is 2.28. The number of amides is 1. The summed E-state index contributed by atoms with van der Waals surface area (Å²) in [6.45, 7) is 4.60. The number of nitrogens with two attached hydrogens (primary N) is 1. The number of para-hydroxylation sites is 2. The highest BCUT2D eigenvalue weighted by Gasteiger charge is 2.24. The molecule has 2 aromatic heterocycles. The molecule has 2 heterocycles. The Kier molecular flexibility index (Phi) is 5.50. The maximum atomic E-state index is 12.9. The summed E-state index contributed by atoms with van der Waals surface area (Å²) in [5.41, 5.74) is 9.81. The summed E-state index contributed by atoms with van der Waals surface area (Å²) in [5.74, 6) is 0.227. The van der Waals surface area contributed by atoms with Gasteiger partial charge in [-0.2, -0.15) is 9.78 Å². The molecule has 7 nitrogen and oxygen atoms in total. The number of fused-ring (bicyclic) bond motifs is 2. The number of anilines is 1. The van der Waals surface area contributed by atoms with Crippen LogP contribution in [0.1, 0.15) is 29.8 Å². The molecule has 0 aliphatic heterocycles. The molecule has 8 heteroatoms. The van der Waals surface area contributed by atoms with E-state index in [2.05, 4.69) is 36.3 Å². The smallest absolute Gasteiger partial charge is 0.257 e. The van der Waals surface area contributed by atoms with Gasteiger partial charge >= 0.3 is 0 Å². The number of carbonyl (C=O) groups excluding carboxylic acids is 1. The molecule has 4 aromatic rings. The summed E-state index contributed by atoms with van der Waals surface area (Å²) in [5, 5.41) is 7.43. The highest BCUT2D eigenvalue weighted by molar-refractivity contribution is 9.10. The summed E-state index contributed by atoms with van der Waals surface area (Å²) in [6.07, 6.45) is 1.67. The molecule has 30 heavy (non-hydrogen) atoms. The third kappa shape index (κ3) is 3.91. The minimum atomic E-state index is -0.285. The molecule has 1 amide bonds. The molecule has 0 radical (unpaired) electrons. The van der Waals surface area contributed by atoms with E-state index in [4.69, 9.17) is 5.73 Å².